The number of epoxide rings is 1. The summed E-state index contributed by atoms with van der Waals surface area (Å²) < 4.78 is 14.6. The molecule has 0 bridgehead atoms. The highest BCUT2D eigenvalue weighted by Crippen LogP contribution is 2.37. The van der Waals surface area contributed by atoms with Crippen LogP contribution in [0.25, 0.3) is 0 Å². The van der Waals surface area contributed by atoms with Crippen molar-refractivity contribution in [3.8, 4) is 0 Å². The average molecular weight is 242 g/mol. The van der Waals surface area contributed by atoms with Gasteiger partial charge in [-0.3, -0.25) is 14.4 Å². The van der Waals surface area contributed by atoms with Crippen molar-refractivity contribution in [3.63, 3.8) is 0 Å². The summed E-state index contributed by atoms with van der Waals surface area (Å²) >= 11 is 0. The monoisotopic (exact) mass is 242 g/mol. The van der Waals surface area contributed by atoms with Crippen molar-refractivity contribution in [1.82, 2.24) is 0 Å². The van der Waals surface area contributed by atoms with Crippen molar-refractivity contribution in [1.29, 1.82) is 0 Å². The van der Waals surface area contributed by atoms with Gasteiger partial charge in [0.25, 0.3) is 0 Å². The van der Waals surface area contributed by atoms with Crippen LogP contribution in [0.2, 0.25) is 0 Å². The number of methoxy groups -OCH3 is 2. The molecule has 6 nitrogen and oxygen atoms in total. The molecule has 0 N–H and O–H groups in total. The summed E-state index contributed by atoms with van der Waals surface area (Å²) in [4.78, 5) is 34.8. The first-order valence-electron chi connectivity index (χ1n) is 5.40. The maximum absolute atomic E-state index is 11.8. The highest BCUT2D eigenvalue weighted by molar-refractivity contribution is 6.07. The predicted octanol–water partition coefficient (Wildman–Crippen LogP) is -0.305. The van der Waals surface area contributed by atoms with Gasteiger partial charge in [0.2, 0.25) is 0 Å². The summed E-state index contributed by atoms with van der Waals surface area (Å²) in [5.41, 5.74) is 0. The Kier molecular flexibility index (Phi) is 3.26. The van der Waals surface area contributed by atoms with Gasteiger partial charge in [-0.1, -0.05) is 0 Å². The van der Waals surface area contributed by atoms with E-state index in [1.165, 1.54) is 14.2 Å². The van der Waals surface area contributed by atoms with Gasteiger partial charge in [0, 0.05) is 20.0 Å². The Hall–Kier alpha value is -1.27. The van der Waals surface area contributed by atoms with E-state index in [-0.39, 0.29) is 30.5 Å². The van der Waals surface area contributed by atoms with Gasteiger partial charge in [-0.25, -0.2) is 0 Å². The van der Waals surface area contributed by atoms with Gasteiger partial charge in [0.15, 0.2) is 6.29 Å². The van der Waals surface area contributed by atoms with E-state index in [1.54, 1.807) is 0 Å². The van der Waals surface area contributed by atoms with Gasteiger partial charge in [0.05, 0.1) is 13.0 Å². The first-order valence-corrected chi connectivity index (χ1v) is 5.40. The third-order valence-corrected chi connectivity index (χ3v) is 3.23. The second kappa shape index (κ2) is 4.54. The Balaban J connectivity index is 2.01. The number of hydrogen-bond donors (Lipinski definition) is 0. The van der Waals surface area contributed by atoms with Gasteiger partial charge in [-0.05, 0) is 0 Å². The molecular formula is C11H14O6. The lowest BCUT2D eigenvalue weighted by atomic mass is 9.78. The molecule has 1 saturated heterocycles. The fourth-order valence-corrected chi connectivity index (χ4v) is 2.18. The molecular weight excluding hydrogens is 228 g/mol. The van der Waals surface area contributed by atoms with Crippen molar-refractivity contribution in [2.24, 2.45) is 11.8 Å². The highest BCUT2D eigenvalue weighted by Gasteiger charge is 2.52. The summed E-state index contributed by atoms with van der Waals surface area (Å²) in [6, 6.07) is 0. The lowest BCUT2D eigenvalue weighted by molar-refractivity contribution is -0.154. The van der Waals surface area contributed by atoms with Crippen molar-refractivity contribution >= 4 is 17.5 Å². The van der Waals surface area contributed by atoms with Crippen LogP contribution in [0.15, 0.2) is 0 Å². The number of hydrogen-bond acceptors (Lipinski definition) is 6. The van der Waals surface area contributed by atoms with E-state index in [0.717, 1.165) is 0 Å². The first kappa shape index (κ1) is 12.2. The molecule has 0 radical (unpaired) electrons. The summed E-state index contributed by atoms with van der Waals surface area (Å²) in [5, 5.41) is 0. The lowest BCUT2D eigenvalue weighted by Crippen LogP contribution is -2.39. The predicted molar refractivity (Wildman–Crippen MR) is 53.9 cm³/mol. The number of Topliss-reactive ketones (excluding diaryl/α,β-unsaturated/α-hetero) is 2. The van der Waals surface area contributed by atoms with Crippen LogP contribution in [0.1, 0.15) is 12.8 Å². The van der Waals surface area contributed by atoms with Crippen LogP contribution in [0.5, 0.6) is 0 Å². The van der Waals surface area contributed by atoms with Gasteiger partial charge >= 0.3 is 5.97 Å². The summed E-state index contributed by atoms with van der Waals surface area (Å²) in [6.45, 7) is 0. The van der Waals surface area contributed by atoms with E-state index in [1.807, 2.05) is 0 Å². The minimum atomic E-state index is -0.941. The molecule has 1 saturated carbocycles. The molecule has 0 aromatic carbocycles. The third kappa shape index (κ3) is 2.23. The van der Waals surface area contributed by atoms with E-state index in [2.05, 4.69) is 4.74 Å². The van der Waals surface area contributed by atoms with Gasteiger partial charge in [0.1, 0.15) is 23.6 Å². The molecule has 4 unspecified atom stereocenters. The Morgan fingerprint density at radius 1 is 1.24 bits per heavy atom. The van der Waals surface area contributed by atoms with Crippen LogP contribution in [0.3, 0.4) is 0 Å². The number of rotatable bonds is 3. The number of ether oxygens (including phenoxy) is 3. The zero-order valence-electron chi connectivity index (χ0n) is 9.67. The molecule has 1 heterocycles. The number of esters is 1. The van der Waals surface area contributed by atoms with Gasteiger partial charge < -0.3 is 14.2 Å². The van der Waals surface area contributed by atoms with Crippen LogP contribution < -0.4 is 0 Å². The molecule has 94 valence electrons. The zero-order valence-corrected chi connectivity index (χ0v) is 9.67. The lowest BCUT2D eigenvalue weighted by Gasteiger charge is -2.23. The Morgan fingerprint density at radius 2 is 1.94 bits per heavy atom. The molecule has 0 amide bonds. The van der Waals surface area contributed by atoms with E-state index in [0.29, 0.717) is 0 Å². The Labute approximate surface area is 98.2 Å². The fourth-order valence-electron chi connectivity index (χ4n) is 2.18. The first-order chi connectivity index (χ1) is 8.08. The third-order valence-electron chi connectivity index (χ3n) is 3.23. The van der Waals surface area contributed by atoms with Crippen LogP contribution in [-0.2, 0) is 28.6 Å². The van der Waals surface area contributed by atoms with Gasteiger partial charge in [-0.15, -0.1) is 0 Å². The molecule has 17 heavy (non-hydrogen) atoms. The minimum Gasteiger partial charge on any atom is -0.468 e. The fraction of sp³-hybridized carbons (Fsp3) is 0.727. The van der Waals surface area contributed by atoms with E-state index < -0.39 is 24.1 Å². The molecule has 2 fully saturated rings. The van der Waals surface area contributed by atoms with Gasteiger partial charge in [-0.2, -0.15) is 0 Å². The second-order valence-corrected chi connectivity index (χ2v) is 4.23. The van der Waals surface area contributed by atoms with Crippen molar-refractivity contribution < 1.29 is 28.6 Å². The largest absolute Gasteiger partial charge is 0.468 e. The number of ketones is 2. The van der Waals surface area contributed by atoms with Crippen LogP contribution in [0.4, 0.5) is 0 Å². The summed E-state index contributed by atoms with van der Waals surface area (Å²) in [7, 11) is 2.69. The second-order valence-electron chi connectivity index (χ2n) is 4.23. The molecule has 4 atom stereocenters. The average Bonchev–Trinajstić information content (AvgIpc) is 3.09. The quantitative estimate of drug-likeness (QED) is 0.384. The van der Waals surface area contributed by atoms with Crippen LogP contribution >= 0.6 is 0 Å². The SMILES string of the molecule is COC(=O)C1CC(=O)C(C2OC2OC)CC1=O. The standard InChI is InChI=1S/C11H14O6/c1-15-10(14)6-4-7(12)5(3-8(6)13)9-11(16-2)17-9/h5-6,9,11H,3-4H2,1-2H3. The van der Waals surface area contributed by atoms with Crippen molar-refractivity contribution in [2.45, 2.75) is 25.2 Å². The van der Waals surface area contributed by atoms with E-state index >= 15 is 0 Å². The Morgan fingerprint density at radius 3 is 2.47 bits per heavy atom. The summed E-state index contributed by atoms with van der Waals surface area (Å²) in [5.74, 6) is -2.45. The molecule has 2 aliphatic rings. The topological polar surface area (TPSA) is 82.2 Å². The molecule has 0 spiro atoms. The number of carbonyl (C=O) groups is 3. The smallest absolute Gasteiger partial charge is 0.316 e. The minimum absolute atomic E-state index is 0.0309. The Bertz CT molecular complexity index is 363. The van der Waals surface area contributed by atoms with Crippen LogP contribution in [0, 0.1) is 11.8 Å². The molecule has 2 rings (SSSR count). The summed E-state index contributed by atoms with van der Waals surface area (Å²) in [6.07, 6.45) is -0.795. The maximum atomic E-state index is 11.8. The molecule has 6 heteroatoms. The maximum Gasteiger partial charge on any atom is 0.316 e. The van der Waals surface area contributed by atoms with E-state index in [9.17, 15) is 14.4 Å². The molecule has 0 aromatic rings. The molecule has 1 aliphatic carbocycles. The van der Waals surface area contributed by atoms with Crippen molar-refractivity contribution in [2.75, 3.05) is 14.2 Å². The van der Waals surface area contributed by atoms with E-state index in [4.69, 9.17) is 9.47 Å². The van der Waals surface area contributed by atoms with Crippen LogP contribution in [-0.4, -0.2) is 44.1 Å². The van der Waals surface area contributed by atoms with Crippen molar-refractivity contribution in [3.05, 3.63) is 0 Å². The zero-order chi connectivity index (χ0) is 12.6. The number of carbonyl (C=O) groups excluding carboxylic acids is 3. The highest BCUT2D eigenvalue weighted by atomic mass is 16.8. The molecule has 0 aromatic heterocycles. The normalized spacial score (nSPS) is 36.8. The molecule has 1 aliphatic heterocycles.